The van der Waals surface area contributed by atoms with Gasteiger partial charge in [0.15, 0.2) is 11.6 Å². The summed E-state index contributed by atoms with van der Waals surface area (Å²) in [6.45, 7) is 0. The molecule has 1 aromatic carbocycles. The van der Waals surface area contributed by atoms with E-state index in [-0.39, 0.29) is 16.8 Å². The molecule has 2 N–H and O–H groups in total. The van der Waals surface area contributed by atoms with Gasteiger partial charge in [-0.05, 0) is 12.1 Å². The predicted octanol–water partition coefficient (Wildman–Crippen LogP) is -0.673. The third kappa shape index (κ3) is 1.91. The van der Waals surface area contributed by atoms with Crippen molar-refractivity contribution in [3.8, 4) is 5.75 Å². The number of hydrogen-bond acceptors (Lipinski definition) is 4. The van der Waals surface area contributed by atoms with Crippen LogP contribution in [0.4, 0.5) is 4.39 Å². The van der Waals surface area contributed by atoms with E-state index in [0.717, 1.165) is 6.07 Å². The minimum Gasteiger partial charge on any atom is -0.494 e. The lowest BCUT2D eigenvalue weighted by atomic mass is 9.79. The maximum absolute atomic E-state index is 13.3. The zero-order valence-electron chi connectivity index (χ0n) is 7.40. The molecule has 74 valence electrons. The van der Waals surface area contributed by atoms with Crippen LogP contribution < -0.4 is 10.2 Å². The van der Waals surface area contributed by atoms with Crippen LogP contribution in [-0.4, -0.2) is 30.6 Å². The van der Waals surface area contributed by atoms with Gasteiger partial charge in [0.2, 0.25) is 0 Å². The smallest absolute Gasteiger partial charge is 0.491 e. The molecule has 0 aromatic heterocycles. The summed E-state index contributed by atoms with van der Waals surface area (Å²) in [4.78, 5) is 10.4. The van der Waals surface area contributed by atoms with Crippen molar-refractivity contribution < 1.29 is 24.0 Å². The molecule has 0 atom stereocenters. The Kier molecular flexibility index (Phi) is 3.21. The molecule has 0 spiro atoms. The van der Waals surface area contributed by atoms with Gasteiger partial charge in [-0.2, -0.15) is 0 Å². The molecular weight excluding hydrogens is 190 g/mol. The minimum atomic E-state index is -1.97. The number of halogens is 1. The van der Waals surface area contributed by atoms with Crippen LogP contribution in [0.1, 0.15) is 10.4 Å². The molecule has 0 aliphatic carbocycles. The molecule has 0 saturated heterocycles. The standard InChI is InChI=1S/C8H8BFO4/c1-14-7-3-5(4-11)2-6(8(7)10)9(12)13/h2-4,12-13H,1H3. The Morgan fingerprint density at radius 3 is 2.57 bits per heavy atom. The number of aldehydes is 1. The molecule has 0 aliphatic heterocycles. The third-order valence-corrected chi connectivity index (χ3v) is 1.72. The summed E-state index contributed by atoms with van der Waals surface area (Å²) in [6.07, 6.45) is 0.466. The molecule has 4 nitrogen and oxygen atoms in total. The Bertz CT molecular complexity index is 353. The van der Waals surface area contributed by atoms with Crippen molar-refractivity contribution in [2.75, 3.05) is 7.11 Å². The lowest BCUT2D eigenvalue weighted by molar-refractivity contribution is 0.112. The fourth-order valence-corrected chi connectivity index (χ4v) is 1.05. The van der Waals surface area contributed by atoms with Gasteiger partial charge in [-0.3, -0.25) is 4.79 Å². The number of hydrogen-bond donors (Lipinski definition) is 2. The van der Waals surface area contributed by atoms with Crippen LogP contribution >= 0.6 is 0 Å². The molecule has 0 heterocycles. The van der Waals surface area contributed by atoms with Crippen LogP contribution in [-0.2, 0) is 0 Å². The van der Waals surface area contributed by atoms with Gasteiger partial charge in [-0.1, -0.05) is 0 Å². The van der Waals surface area contributed by atoms with Crippen LogP contribution in [0.3, 0.4) is 0 Å². The van der Waals surface area contributed by atoms with Crippen molar-refractivity contribution in [2.24, 2.45) is 0 Å². The van der Waals surface area contributed by atoms with E-state index < -0.39 is 12.9 Å². The van der Waals surface area contributed by atoms with E-state index in [1.165, 1.54) is 13.2 Å². The Labute approximate surface area is 80.1 Å². The summed E-state index contributed by atoms with van der Waals surface area (Å²) in [6, 6.07) is 2.23. The highest BCUT2D eigenvalue weighted by Gasteiger charge is 2.20. The first kappa shape index (κ1) is 10.7. The van der Waals surface area contributed by atoms with Gasteiger partial charge in [-0.15, -0.1) is 0 Å². The average Bonchev–Trinajstić information content (AvgIpc) is 2.17. The summed E-state index contributed by atoms with van der Waals surface area (Å²) in [7, 11) is -0.746. The number of benzene rings is 1. The first-order chi connectivity index (χ1) is 6.60. The van der Waals surface area contributed by atoms with E-state index in [4.69, 9.17) is 10.0 Å². The van der Waals surface area contributed by atoms with E-state index in [9.17, 15) is 9.18 Å². The van der Waals surface area contributed by atoms with Crippen molar-refractivity contribution in [3.63, 3.8) is 0 Å². The van der Waals surface area contributed by atoms with E-state index in [0.29, 0.717) is 6.29 Å². The fourth-order valence-electron chi connectivity index (χ4n) is 1.05. The van der Waals surface area contributed by atoms with Gasteiger partial charge in [0.25, 0.3) is 0 Å². The first-order valence-corrected chi connectivity index (χ1v) is 3.79. The molecule has 0 fully saturated rings. The molecule has 1 rings (SSSR count). The molecule has 0 bridgehead atoms. The van der Waals surface area contributed by atoms with Crippen molar-refractivity contribution in [1.29, 1.82) is 0 Å². The van der Waals surface area contributed by atoms with Crippen LogP contribution in [0.25, 0.3) is 0 Å². The first-order valence-electron chi connectivity index (χ1n) is 3.79. The van der Waals surface area contributed by atoms with E-state index >= 15 is 0 Å². The van der Waals surface area contributed by atoms with Gasteiger partial charge in [-0.25, -0.2) is 4.39 Å². The predicted molar refractivity (Wildman–Crippen MR) is 48.2 cm³/mol. The zero-order valence-corrected chi connectivity index (χ0v) is 7.40. The summed E-state index contributed by atoms with van der Waals surface area (Å²) in [5.41, 5.74) is -0.266. The summed E-state index contributed by atoms with van der Waals surface area (Å²) in [5, 5.41) is 17.6. The monoisotopic (exact) mass is 198 g/mol. The maximum Gasteiger partial charge on any atom is 0.491 e. The maximum atomic E-state index is 13.3. The molecule has 0 saturated carbocycles. The molecule has 0 radical (unpaired) electrons. The fraction of sp³-hybridized carbons (Fsp3) is 0.125. The number of ether oxygens (including phenoxy) is 1. The van der Waals surface area contributed by atoms with Crippen LogP contribution in [0.15, 0.2) is 12.1 Å². The van der Waals surface area contributed by atoms with E-state index in [1.807, 2.05) is 0 Å². The van der Waals surface area contributed by atoms with Crippen molar-refractivity contribution in [3.05, 3.63) is 23.5 Å². The third-order valence-electron chi connectivity index (χ3n) is 1.72. The van der Waals surface area contributed by atoms with E-state index in [1.54, 1.807) is 0 Å². The van der Waals surface area contributed by atoms with Crippen molar-refractivity contribution in [2.45, 2.75) is 0 Å². The quantitative estimate of drug-likeness (QED) is 0.499. The number of methoxy groups -OCH3 is 1. The Hall–Kier alpha value is -1.40. The second kappa shape index (κ2) is 4.21. The van der Waals surface area contributed by atoms with Gasteiger partial charge in [0, 0.05) is 11.0 Å². The highest BCUT2D eigenvalue weighted by molar-refractivity contribution is 6.58. The molecule has 6 heteroatoms. The topological polar surface area (TPSA) is 66.8 Å². The van der Waals surface area contributed by atoms with E-state index in [2.05, 4.69) is 4.74 Å². The molecule has 0 amide bonds. The zero-order chi connectivity index (χ0) is 10.7. The Morgan fingerprint density at radius 2 is 2.14 bits per heavy atom. The second-order valence-corrected chi connectivity index (χ2v) is 2.62. The van der Waals surface area contributed by atoms with Gasteiger partial charge in [0.05, 0.1) is 7.11 Å². The van der Waals surface area contributed by atoms with Crippen LogP contribution in [0, 0.1) is 5.82 Å². The number of rotatable bonds is 3. The Morgan fingerprint density at radius 1 is 1.50 bits per heavy atom. The largest absolute Gasteiger partial charge is 0.494 e. The summed E-state index contributed by atoms with van der Waals surface area (Å²) < 4.78 is 17.9. The van der Waals surface area contributed by atoms with Crippen molar-refractivity contribution in [1.82, 2.24) is 0 Å². The number of carbonyl (C=O) groups excluding carboxylic acids is 1. The van der Waals surface area contributed by atoms with Crippen molar-refractivity contribution >= 4 is 18.9 Å². The lowest BCUT2D eigenvalue weighted by Gasteiger charge is -2.07. The highest BCUT2D eigenvalue weighted by atomic mass is 19.1. The SMILES string of the molecule is COc1cc(C=O)cc(B(O)O)c1F. The summed E-state index contributed by atoms with van der Waals surface area (Å²) >= 11 is 0. The van der Waals surface area contributed by atoms with Gasteiger partial charge in [0.1, 0.15) is 6.29 Å². The minimum absolute atomic E-state index is 0.117. The average molecular weight is 198 g/mol. The molecule has 0 unspecified atom stereocenters. The van der Waals surface area contributed by atoms with Crippen LogP contribution in [0.2, 0.25) is 0 Å². The van der Waals surface area contributed by atoms with Crippen LogP contribution in [0.5, 0.6) is 5.75 Å². The van der Waals surface area contributed by atoms with Gasteiger partial charge < -0.3 is 14.8 Å². The molecule has 1 aromatic rings. The summed E-state index contributed by atoms with van der Waals surface area (Å²) in [5.74, 6) is -1.08. The molecule has 0 aliphatic rings. The molecule has 14 heavy (non-hydrogen) atoms. The Balaban J connectivity index is 3.34. The lowest BCUT2D eigenvalue weighted by Crippen LogP contribution is -2.33. The second-order valence-electron chi connectivity index (χ2n) is 2.62. The molecular formula is C8H8BFO4. The normalized spacial score (nSPS) is 9.71. The highest BCUT2D eigenvalue weighted by Crippen LogP contribution is 2.15. The number of carbonyl (C=O) groups is 1. The van der Waals surface area contributed by atoms with Gasteiger partial charge >= 0.3 is 7.12 Å².